The van der Waals surface area contributed by atoms with Gasteiger partial charge < -0.3 is 15.0 Å². The molecule has 0 bridgehead atoms. The van der Waals surface area contributed by atoms with Crippen molar-refractivity contribution in [2.75, 3.05) is 27.2 Å². The second kappa shape index (κ2) is 7.28. The van der Waals surface area contributed by atoms with Gasteiger partial charge in [0.15, 0.2) is 0 Å². The number of ether oxygens (including phenoxy) is 1. The van der Waals surface area contributed by atoms with Crippen LogP contribution in [0.15, 0.2) is 18.2 Å². The summed E-state index contributed by atoms with van der Waals surface area (Å²) >= 11 is 0. The number of nitriles is 1. The zero-order valence-corrected chi connectivity index (χ0v) is 12.4. The van der Waals surface area contributed by atoms with E-state index in [0.29, 0.717) is 11.6 Å². The van der Waals surface area contributed by atoms with Gasteiger partial charge in [0.2, 0.25) is 0 Å². The molecule has 1 atom stereocenters. The average Bonchev–Trinajstić information content (AvgIpc) is 2.48. The number of benzene rings is 1. The lowest BCUT2D eigenvalue weighted by Gasteiger charge is -2.28. The Balaban J connectivity index is 1.99. The maximum Gasteiger partial charge on any atom is 0.123 e. The van der Waals surface area contributed by atoms with Crippen molar-refractivity contribution in [1.29, 1.82) is 5.26 Å². The highest BCUT2D eigenvalue weighted by molar-refractivity contribution is 5.42. The van der Waals surface area contributed by atoms with Crippen LogP contribution in [0.4, 0.5) is 0 Å². The molecule has 1 unspecified atom stereocenters. The molecule has 1 aromatic rings. The van der Waals surface area contributed by atoms with Gasteiger partial charge in [-0.1, -0.05) is 6.42 Å². The molecule has 20 heavy (non-hydrogen) atoms. The van der Waals surface area contributed by atoms with Crippen molar-refractivity contribution in [2.45, 2.75) is 31.8 Å². The Bertz CT molecular complexity index is 475. The summed E-state index contributed by atoms with van der Waals surface area (Å²) in [5.41, 5.74) is 1.76. The zero-order chi connectivity index (χ0) is 14.4. The molecule has 0 saturated carbocycles. The molecule has 0 aromatic heterocycles. The Labute approximate surface area is 121 Å². The van der Waals surface area contributed by atoms with Crippen LogP contribution in [0.1, 0.15) is 30.4 Å². The number of hydrogen-bond donors (Lipinski definition) is 1. The van der Waals surface area contributed by atoms with Crippen LogP contribution in [-0.4, -0.2) is 38.2 Å². The molecular weight excluding hydrogens is 250 g/mol. The summed E-state index contributed by atoms with van der Waals surface area (Å²) in [7, 11) is 3.79. The van der Waals surface area contributed by atoms with Crippen LogP contribution in [0.2, 0.25) is 0 Å². The number of methoxy groups -OCH3 is 1. The quantitative estimate of drug-likeness (QED) is 0.893. The maximum atomic E-state index is 9.01. The number of nitrogens with one attached hydrogen (secondary N) is 1. The number of piperidine rings is 1. The smallest absolute Gasteiger partial charge is 0.123 e. The molecule has 1 aromatic carbocycles. The highest BCUT2D eigenvalue weighted by Crippen LogP contribution is 2.21. The van der Waals surface area contributed by atoms with E-state index in [0.717, 1.165) is 30.9 Å². The molecule has 1 N–H and O–H groups in total. The monoisotopic (exact) mass is 273 g/mol. The first kappa shape index (κ1) is 14.8. The molecule has 0 spiro atoms. The zero-order valence-electron chi connectivity index (χ0n) is 12.4. The van der Waals surface area contributed by atoms with Crippen molar-refractivity contribution < 1.29 is 4.74 Å². The topological polar surface area (TPSA) is 48.3 Å². The third kappa shape index (κ3) is 3.96. The molecule has 0 radical (unpaired) electrons. The highest BCUT2D eigenvalue weighted by atomic mass is 16.5. The molecule has 4 nitrogen and oxygen atoms in total. The van der Waals surface area contributed by atoms with Gasteiger partial charge in [0.25, 0.3) is 0 Å². The van der Waals surface area contributed by atoms with E-state index < -0.39 is 0 Å². The Morgan fingerprint density at radius 1 is 1.45 bits per heavy atom. The van der Waals surface area contributed by atoms with Gasteiger partial charge in [-0.05, 0) is 44.6 Å². The lowest BCUT2D eigenvalue weighted by molar-refractivity contribution is 0.253. The van der Waals surface area contributed by atoms with E-state index >= 15 is 0 Å². The normalized spacial score (nSPS) is 18.8. The van der Waals surface area contributed by atoms with Gasteiger partial charge in [-0.15, -0.1) is 0 Å². The van der Waals surface area contributed by atoms with Crippen molar-refractivity contribution >= 4 is 0 Å². The van der Waals surface area contributed by atoms with Crippen molar-refractivity contribution in [3.05, 3.63) is 29.3 Å². The Morgan fingerprint density at radius 3 is 2.95 bits per heavy atom. The van der Waals surface area contributed by atoms with Gasteiger partial charge in [0, 0.05) is 24.7 Å². The Kier molecular flexibility index (Phi) is 5.40. The number of rotatable bonds is 5. The third-order valence-electron chi connectivity index (χ3n) is 3.79. The summed E-state index contributed by atoms with van der Waals surface area (Å²) < 4.78 is 5.38. The van der Waals surface area contributed by atoms with Crippen LogP contribution in [0, 0.1) is 11.3 Å². The van der Waals surface area contributed by atoms with E-state index in [9.17, 15) is 0 Å². The second-order valence-electron chi connectivity index (χ2n) is 5.48. The Hall–Kier alpha value is -1.57. The van der Waals surface area contributed by atoms with E-state index in [-0.39, 0.29) is 0 Å². The van der Waals surface area contributed by atoms with Gasteiger partial charge in [0.1, 0.15) is 5.75 Å². The minimum absolute atomic E-state index is 0.582. The van der Waals surface area contributed by atoms with Crippen molar-refractivity contribution in [3.63, 3.8) is 0 Å². The van der Waals surface area contributed by atoms with Gasteiger partial charge >= 0.3 is 0 Å². The van der Waals surface area contributed by atoms with Crippen LogP contribution in [0.25, 0.3) is 0 Å². The lowest BCUT2D eigenvalue weighted by atomic mass is 10.0. The van der Waals surface area contributed by atoms with Crippen molar-refractivity contribution in [2.24, 2.45) is 0 Å². The fourth-order valence-electron chi connectivity index (χ4n) is 2.78. The van der Waals surface area contributed by atoms with Gasteiger partial charge in [-0.2, -0.15) is 5.26 Å². The molecule has 1 aliphatic rings. The number of nitrogens with zero attached hydrogens (tertiary/aromatic N) is 2. The summed E-state index contributed by atoms with van der Waals surface area (Å²) in [4.78, 5) is 2.29. The van der Waals surface area contributed by atoms with Crippen LogP contribution < -0.4 is 10.1 Å². The van der Waals surface area contributed by atoms with Gasteiger partial charge in [0.05, 0.1) is 18.7 Å². The maximum absolute atomic E-state index is 9.01. The SMILES string of the molecule is COc1ccc(C#N)cc1CN(C)CC1CCCCN1. The first-order valence-electron chi connectivity index (χ1n) is 7.22. The first-order chi connectivity index (χ1) is 9.72. The van der Waals surface area contributed by atoms with E-state index in [1.807, 2.05) is 12.1 Å². The third-order valence-corrected chi connectivity index (χ3v) is 3.79. The molecular formula is C16H23N3O. The molecule has 2 rings (SSSR count). The van der Waals surface area contributed by atoms with E-state index in [4.69, 9.17) is 10.00 Å². The van der Waals surface area contributed by atoms with Crippen molar-refractivity contribution in [1.82, 2.24) is 10.2 Å². The van der Waals surface area contributed by atoms with Gasteiger partial charge in [-0.3, -0.25) is 0 Å². The molecule has 1 fully saturated rings. The predicted molar refractivity (Wildman–Crippen MR) is 79.7 cm³/mol. The van der Waals surface area contributed by atoms with E-state index in [1.54, 1.807) is 13.2 Å². The second-order valence-corrected chi connectivity index (χ2v) is 5.48. The van der Waals surface area contributed by atoms with Crippen LogP contribution in [-0.2, 0) is 6.54 Å². The fourth-order valence-corrected chi connectivity index (χ4v) is 2.78. The first-order valence-corrected chi connectivity index (χ1v) is 7.22. The molecule has 108 valence electrons. The lowest BCUT2D eigenvalue weighted by Crippen LogP contribution is -2.42. The van der Waals surface area contributed by atoms with Crippen molar-refractivity contribution in [3.8, 4) is 11.8 Å². The van der Waals surface area contributed by atoms with E-state index in [1.165, 1.54) is 19.3 Å². The average molecular weight is 273 g/mol. The van der Waals surface area contributed by atoms with E-state index in [2.05, 4.69) is 23.3 Å². The summed E-state index contributed by atoms with van der Waals surface area (Å²) in [6.45, 7) is 2.96. The number of likely N-dealkylation sites (N-methyl/N-ethyl adjacent to an activating group) is 1. The summed E-state index contributed by atoms with van der Waals surface area (Å²) in [5.74, 6) is 0.854. The number of hydrogen-bond acceptors (Lipinski definition) is 4. The van der Waals surface area contributed by atoms with Crippen LogP contribution in [0.5, 0.6) is 5.75 Å². The standard InChI is InChI=1S/C16H23N3O/c1-19(12-15-5-3-4-8-18-15)11-14-9-13(10-17)6-7-16(14)20-2/h6-7,9,15,18H,3-5,8,11-12H2,1-2H3. The molecule has 1 saturated heterocycles. The molecule has 0 amide bonds. The summed E-state index contributed by atoms with van der Waals surface area (Å²) in [5, 5.41) is 12.6. The molecule has 0 aliphatic carbocycles. The molecule has 4 heteroatoms. The highest BCUT2D eigenvalue weighted by Gasteiger charge is 2.15. The Morgan fingerprint density at radius 2 is 2.30 bits per heavy atom. The van der Waals surface area contributed by atoms with Crippen LogP contribution in [0.3, 0.4) is 0 Å². The molecule has 1 aliphatic heterocycles. The molecule has 1 heterocycles. The summed E-state index contributed by atoms with van der Waals surface area (Å²) in [6, 6.07) is 8.36. The summed E-state index contributed by atoms with van der Waals surface area (Å²) in [6.07, 6.45) is 3.86. The van der Waals surface area contributed by atoms with Crippen LogP contribution >= 0.6 is 0 Å². The van der Waals surface area contributed by atoms with Gasteiger partial charge in [-0.25, -0.2) is 0 Å². The minimum atomic E-state index is 0.582. The minimum Gasteiger partial charge on any atom is -0.496 e. The predicted octanol–water partition coefficient (Wildman–Crippen LogP) is 2.14. The largest absolute Gasteiger partial charge is 0.496 e. The fraction of sp³-hybridized carbons (Fsp3) is 0.562.